The predicted octanol–water partition coefficient (Wildman–Crippen LogP) is 1.33. The van der Waals surface area contributed by atoms with Crippen LogP contribution in [0.15, 0.2) is 0 Å². The quantitative estimate of drug-likeness (QED) is 0.671. The SMILES string of the molecule is Cn1c(C2CCCO2)n[nH]c1=S. The fourth-order valence-electron chi connectivity index (χ4n) is 1.43. The summed E-state index contributed by atoms with van der Waals surface area (Å²) in [5.41, 5.74) is 0. The first kappa shape index (κ1) is 7.94. The molecule has 0 aromatic carbocycles. The topological polar surface area (TPSA) is 42.8 Å². The minimum absolute atomic E-state index is 0.142. The summed E-state index contributed by atoms with van der Waals surface area (Å²) in [7, 11) is 1.91. The van der Waals surface area contributed by atoms with Crippen molar-refractivity contribution in [2.24, 2.45) is 7.05 Å². The largest absolute Gasteiger partial charge is 0.370 e. The second kappa shape index (κ2) is 2.99. The Morgan fingerprint density at radius 2 is 2.58 bits per heavy atom. The van der Waals surface area contributed by atoms with Crippen LogP contribution in [-0.2, 0) is 11.8 Å². The van der Waals surface area contributed by atoms with Crippen molar-refractivity contribution in [1.82, 2.24) is 14.8 Å². The van der Waals surface area contributed by atoms with Gasteiger partial charge in [0.2, 0.25) is 0 Å². The summed E-state index contributed by atoms with van der Waals surface area (Å²) in [5, 5.41) is 6.87. The molecular weight excluding hydrogens is 174 g/mol. The average Bonchev–Trinajstić information content (AvgIpc) is 2.64. The van der Waals surface area contributed by atoms with E-state index < -0.39 is 0 Å². The van der Waals surface area contributed by atoms with Crippen LogP contribution in [0, 0.1) is 4.77 Å². The van der Waals surface area contributed by atoms with Crippen LogP contribution in [0.5, 0.6) is 0 Å². The lowest BCUT2D eigenvalue weighted by Gasteiger charge is -2.06. The van der Waals surface area contributed by atoms with Crippen molar-refractivity contribution in [2.75, 3.05) is 6.61 Å². The minimum Gasteiger partial charge on any atom is -0.370 e. The molecule has 1 aromatic heterocycles. The van der Waals surface area contributed by atoms with Gasteiger partial charge in [0, 0.05) is 13.7 Å². The zero-order valence-corrected chi connectivity index (χ0v) is 7.73. The summed E-state index contributed by atoms with van der Waals surface area (Å²) < 4.78 is 8.00. The summed E-state index contributed by atoms with van der Waals surface area (Å²) in [5.74, 6) is 0.914. The first-order chi connectivity index (χ1) is 5.79. The monoisotopic (exact) mass is 185 g/mol. The molecule has 1 saturated heterocycles. The van der Waals surface area contributed by atoms with Crippen molar-refractivity contribution >= 4 is 12.2 Å². The Labute approximate surface area is 75.5 Å². The van der Waals surface area contributed by atoms with Gasteiger partial charge in [-0.15, -0.1) is 0 Å². The molecule has 0 spiro atoms. The fraction of sp³-hybridized carbons (Fsp3) is 0.714. The van der Waals surface area contributed by atoms with E-state index in [1.165, 1.54) is 0 Å². The molecule has 1 aliphatic heterocycles. The number of rotatable bonds is 1. The van der Waals surface area contributed by atoms with E-state index in [1.54, 1.807) is 0 Å². The maximum atomic E-state index is 5.48. The third kappa shape index (κ3) is 1.19. The van der Waals surface area contributed by atoms with E-state index in [2.05, 4.69) is 10.2 Å². The van der Waals surface area contributed by atoms with Gasteiger partial charge in [-0.1, -0.05) is 0 Å². The number of aromatic amines is 1. The lowest BCUT2D eigenvalue weighted by atomic mass is 10.2. The van der Waals surface area contributed by atoms with Gasteiger partial charge in [0.25, 0.3) is 0 Å². The van der Waals surface area contributed by atoms with Gasteiger partial charge in [0.1, 0.15) is 6.10 Å². The van der Waals surface area contributed by atoms with Gasteiger partial charge >= 0.3 is 0 Å². The first-order valence-electron chi connectivity index (χ1n) is 4.02. The Balaban J connectivity index is 2.32. The van der Waals surface area contributed by atoms with Crippen LogP contribution in [0.2, 0.25) is 0 Å². The van der Waals surface area contributed by atoms with Crippen molar-refractivity contribution in [3.63, 3.8) is 0 Å². The van der Waals surface area contributed by atoms with Crippen molar-refractivity contribution in [1.29, 1.82) is 0 Å². The molecule has 1 aromatic rings. The average molecular weight is 185 g/mol. The Morgan fingerprint density at radius 3 is 3.08 bits per heavy atom. The van der Waals surface area contributed by atoms with E-state index in [9.17, 15) is 0 Å². The molecule has 0 saturated carbocycles. The van der Waals surface area contributed by atoms with E-state index in [0.717, 1.165) is 25.3 Å². The molecule has 2 rings (SSSR count). The molecule has 1 fully saturated rings. The number of nitrogens with zero attached hydrogens (tertiary/aromatic N) is 2. The lowest BCUT2D eigenvalue weighted by Crippen LogP contribution is -2.04. The number of ether oxygens (including phenoxy) is 1. The summed E-state index contributed by atoms with van der Waals surface area (Å²) >= 11 is 5.00. The minimum atomic E-state index is 0.142. The van der Waals surface area contributed by atoms with Crippen molar-refractivity contribution in [2.45, 2.75) is 18.9 Å². The zero-order valence-electron chi connectivity index (χ0n) is 6.91. The molecule has 0 bridgehead atoms. The van der Waals surface area contributed by atoms with E-state index >= 15 is 0 Å². The van der Waals surface area contributed by atoms with Gasteiger partial charge in [-0.2, -0.15) is 5.10 Å². The maximum absolute atomic E-state index is 5.48. The number of H-pyrrole nitrogens is 1. The number of hydrogen-bond acceptors (Lipinski definition) is 3. The molecule has 12 heavy (non-hydrogen) atoms. The van der Waals surface area contributed by atoms with Gasteiger partial charge in [0.05, 0.1) is 0 Å². The standard InChI is InChI=1S/C7H11N3OS/c1-10-6(8-9-7(10)12)5-3-2-4-11-5/h5H,2-4H2,1H3,(H,9,12). The number of aromatic nitrogens is 3. The highest BCUT2D eigenvalue weighted by Gasteiger charge is 2.21. The second-order valence-corrected chi connectivity index (χ2v) is 3.33. The molecule has 1 N–H and O–H groups in total. The van der Waals surface area contributed by atoms with Crippen LogP contribution in [0.25, 0.3) is 0 Å². The smallest absolute Gasteiger partial charge is 0.194 e. The molecule has 66 valence electrons. The maximum Gasteiger partial charge on any atom is 0.194 e. The molecule has 1 aliphatic rings. The van der Waals surface area contributed by atoms with Gasteiger partial charge in [0.15, 0.2) is 10.6 Å². The van der Waals surface area contributed by atoms with Crippen molar-refractivity contribution in [3.8, 4) is 0 Å². The molecule has 0 amide bonds. The fourth-order valence-corrected chi connectivity index (χ4v) is 1.57. The van der Waals surface area contributed by atoms with Crippen molar-refractivity contribution < 1.29 is 4.74 Å². The van der Waals surface area contributed by atoms with Crippen LogP contribution in [0.4, 0.5) is 0 Å². The van der Waals surface area contributed by atoms with E-state index in [1.807, 2.05) is 11.6 Å². The highest BCUT2D eigenvalue weighted by molar-refractivity contribution is 7.71. The molecule has 2 heterocycles. The second-order valence-electron chi connectivity index (χ2n) is 2.95. The Bertz CT molecular complexity index is 324. The molecule has 1 unspecified atom stereocenters. The Kier molecular flexibility index (Phi) is 1.98. The molecule has 0 radical (unpaired) electrons. The van der Waals surface area contributed by atoms with Crippen LogP contribution in [0.3, 0.4) is 0 Å². The summed E-state index contributed by atoms with van der Waals surface area (Å²) in [6.07, 6.45) is 2.31. The van der Waals surface area contributed by atoms with E-state index in [4.69, 9.17) is 17.0 Å². The highest BCUT2D eigenvalue weighted by atomic mass is 32.1. The van der Waals surface area contributed by atoms with Crippen LogP contribution >= 0.6 is 12.2 Å². The molecule has 5 heteroatoms. The van der Waals surface area contributed by atoms with Crippen LogP contribution in [0.1, 0.15) is 24.8 Å². The van der Waals surface area contributed by atoms with Gasteiger partial charge < -0.3 is 9.30 Å². The zero-order chi connectivity index (χ0) is 8.55. The molecular formula is C7H11N3OS. The third-order valence-corrected chi connectivity index (χ3v) is 2.50. The van der Waals surface area contributed by atoms with E-state index in [-0.39, 0.29) is 6.10 Å². The normalized spacial score (nSPS) is 23.2. The van der Waals surface area contributed by atoms with E-state index in [0.29, 0.717) is 4.77 Å². The Morgan fingerprint density at radius 1 is 1.75 bits per heavy atom. The molecule has 4 nitrogen and oxygen atoms in total. The van der Waals surface area contributed by atoms with Gasteiger partial charge in [-0.25, -0.2) is 0 Å². The van der Waals surface area contributed by atoms with Crippen LogP contribution < -0.4 is 0 Å². The summed E-state index contributed by atoms with van der Waals surface area (Å²) in [6, 6.07) is 0. The predicted molar refractivity (Wildman–Crippen MR) is 46.3 cm³/mol. The summed E-state index contributed by atoms with van der Waals surface area (Å²) in [4.78, 5) is 0. The Hall–Kier alpha value is -0.680. The van der Waals surface area contributed by atoms with Crippen LogP contribution in [-0.4, -0.2) is 21.4 Å². The molecule has 0 aliphatic carbocycles. The summed E-state index contributed by atoms with van der Waals surface area (Å²) in [6.45, 7) is 0.838. The number of nitrogens with one attached hydrogen (secondary N) is 1. The highest BCUT2D eigenvalue weighted by Crippen LogP contribution is 2.26. The number of hydrogen-bond donors (Lipinski definition) is 1. The lowest BCUT2D eigenvalue weighted by molar-refractivity contribution is 0.102. The molecule has 1 atom stereocenters. The third-order valence-electron chi connectivity index (χ3n) is 2.13. The van der Waals surface area contributed by atoms with Gasteiger partial charge in [-0.3, -0.25) is 5.10 Å². The first-order valence-corrected chi connectivity index (χ1v) is 4.43. The van der Waals surface area contributed by atoms with Gasteiger partial charge in [-0.05, 0) is 25.1 Å². The van der Waals surface area contributed by atoms with Crippen molar-refractivity contribution in [3.05, 3.63) is 10.6 Å².